The zero-order valence-electron chi connectivity index (χ0n) is 9.32. The van der Waals surface area contributed by atoms with E-state index in [2.05, 4.69) is 20.9 Å². The van der Waals surface area contributed by atoms with Crippen molar-refractivity contribution in [3.8, 4) is 0 Å². The number of hydrogen-bond donors (Lipinski definition) is 3. The van der Waals surface area contributed by atoms with Gasteiger partial charge < -0.3 is 10.6 Å². The first-order valence-corrected chi connectivity index (χ1v) is 5.54. The Morgan fingerprint density at radius 2 is 2.29 bits per heavy atom. The van der Waals surface area contributed by atoms with E-state index < -0.39 is 12.6 Å². The van der Waals surface area contributed by atoms with Gasteiger partial charge in [0.25, 0.3) is 5.91 Å². The van der Waals surface area contributed by atoms with Gasteiger partial charge >= 0.3 is 0 Å². The first-order valence-electron chi connectivity index (χ1n) is 5.54. The van der Waals surface area contributed by atoms with Crippen LogP contribution in [-0.2, 0) is 4.79 Å². The fourth-order valence-electron chi connectivity index (χ4n) is 1.87. The Labute approximate surface area is 98.8 Å². The summed E-state index contributed by atoms with van der Waals surface area (Å²) in [5, 5.41) is 8.97. The van der Waals surface area contributed by atoms with E-state index in [4.69, 9.17) is 0 Å². The summed E-state index contributed by atoms with van der Waals surface area (Å²) in [6, 6.07) is 5.45. The molecule has 3 N–H and O–H groups in total. The van der Waals surface area contributed by atoms with Crippen LogP contribution < -0.4 is 16.0 Å². The first kappa shape index (κ1) is 11.9. The highest BCUT2D eigenvalue weighted by Gasteiger charge is 2.27. The zero-order valence-corrected chi connectivity index (χ0v) is 9.32. The third-order valence-electron chi connectivity index (χ3n) is 2.63. The van der Waals surface area contributed by atoms with Gasteiger partial charge in [0.15, 0.2) is 6.67 Å². The Hall–Kier alpha value is -1.53. The molecule has 1 aromatic heterocycles. The molecule has 0 aromatic carbocycles. The maximum atomic E-state index is 12.2. The van der Waals surface area contributed by atoms with Gasteiger partial charge in [-0.3, -0.25) is 15.1 Å². The fraction of sp³-hybridized carbons (Fsp3) is 0.455. The van der Waals surface area contributed by atoms with Gasteiger partial charge in [-0.25, -0.2) is 4.39 Å². The van der Waals surface area contributed by atoms with Crippen molar-refractivity contribution in [1.29, 1.82) is 0 Å². The van der Waals surface area contributed by atoms with Crippen molar-refractivity contribution in [2.45, 2.75) is 12.2 Å². The standard InChI is InChI=1S/C11H15FN4O/c12-7-9(17)16-11-10(14-5-6-15-11)8-3-1-2-4-13-8/h1-4,10-11,14-15H,5-7H2,(H,16,17). The SMILES string of the molecule is O=C(CF)NC1NCCNC1c1ccccn1. The molecule has 92 valence electrons. The number of pyridine rings is 1. The highest BCUT2D eigenvalue weighted by molar-refractivity contribution is 5.77. The molecule has 1 saturated heterocycles. The highest BCUT2D eigenvalue weighted by atomic mass is 19.1. The number of carbonyl (C=O) groups excluding carboxylic acids is 1. The molecule has 0 bridgehead atoms. The van der Waals surface area contributed by atoms with Gasteiger partial charge in [-0.1, -0.05) is 6.07 Å². The minimum atomic E-state index is -1.01. The number of nitrogens with zero attached hydrogens (tertiary/aromatic N) is 1. The molecule has 2 atom stereocenters. The minimum absolute atomic E-state index is 0.138. The van der Waals surface area contributed by atoms with Crippen molar-refractivity contribution in [3.05, 3.63) is 30.1 Å². The lowest BCUT2D eigenvalue weighted by Gasteiger charge is -2.33. The molecular weight excluding hydrogens is 223 g/mol. The van der Waals surface area contributed by atoms with Gasteiger partial charge in [0.1, 0.15) is 6.17 Å². The molecule has 1 amide bonds. The van der Waals surface area contributed by atoms with Crippen LogP contribution in [0.3, 0.4) is 0 Å². The van der Waals surface area contributed by atoms with Crippen LogP contribution in [0.1, 0.15) is 11.7 Å². The van der Waals surface area contributed by atoms with Crippen molar-refractivity contribution in [2.75, 3.05) is 19.8 Å². The number of rotatable bonds is 3. The summed E-state index contributed by atoms with van der Waals surface area (Å²) in [6.07, 6.45) is 1.36. The topological polar surface area (TPSA) is 66.1 Å². The van der Waals surface area contributed by atoms with Gasteiger partial charge in [0, 0.05) is 19.3 Å². The molecule has 0 radical (unpaired) electrons. The molecule has 5 nitrogen and oxygen atoms in total. The summed E-state index contributed by atoms with van der Waals surface area (Å²) in [7, 11) is 0. The zero-order chi connectivity index (χ0) is 12.1. The van der Waals surface area contributed by atoms with Crippen LogP contribution in [0.25, 0.3) is 0 Å². The first-order chi connectivity index (χ1) is 8.31. The van der Waals surface area contributed by atoms with Crippen LogP contribution in [0.4, 0.5) is 4.39 Å². The quantitative estimate of drug-likeness (QED) is 0.678. The second kappa shape index (κ2) is 5.70. The number of carbonyl (C=O) groups is 1. The fourth-order valence-corrected chi connectivity index (χ4v) is 1.87. The van der Waals surface area contributed by atoms with E-state index in [1.54, 1.807) is 6.20 Å². The predicted octanol–water partition coefficient (Wildman–Crippen LogP) is -0.273. The summed E-state index contributed by atoms with van der Waals surface area (Å²) >= 11 is 0. The van der Waals surface area contributed by atoms with E-state index in [0.29, 0.717) is 0 Å². The monoisotopic (exact) mass is 238 g/mol. The van der Waals surface area contributed by atoms with E-state index >= 15 is 0 Å². The van der Waals surface area contributed by atoms with E-state index in [9.17, 15) is 9.18 Å². The molecule has 2 heterocycles. The van der Waals surface area contributed by atoms with E-state index in [0.717, 1.165) is 18.8 Å². The van der Waals surface area contributed by atoms with Crippen molar-refractivity contribution >= 4 is 5.91 Å². The summed E-state index contributed by atoms with van der Waals surface area (Å²) in [4.78, 5) is 15.3. The second-order valence-corrected chi connectivity index (χ2v) is 3.82. The molecule has 2 rings (SSSR count). The number of hydrogen-bond acceptors (Lipinski definition) is 4. The Kier molecular flexibility index (Phi) is 4.00. The van der Waals surface area contributed by atoms with Crippen LogP contribution >= 0.6 is 0 Å². The lowest BCUT2D eigenvalue weighted by molar-refractivity contribution is -0.123. The van der Waals surface area contributed by atoms with E-state index in [1.165, 1.54) is 0 Å². The molecule has 6 heteroatoms. The van der Waals surface area contributed by atoms with Gasteiger partial charge in [-0.15, -0.1) is 0 Å². The van der Waals surface area contributed by atoms with Gasteiger partial charge in [0.2, 0.25) is 0 Å². The summed E-state index contributed by atoms with van der Waals surface area (Å²) in [6.45, 7) is 0.497. The number of piperazine rings is 1. The number of amides is 1. The Morgan fingerprint density at radius 3 is 3.00 bits per heavy atom. The normalized spacial score (nSPS) is 24.3. The van der Waals surface area contributed by atoms with Crippen molar-refractivity contribution in [2.24, 2.45) is 0 Å². The van der Waals surface area contributed by atoms with Gasteiger partial charge in [0.05, 0.1) is 11.7 Å². The Balaban J connectivity index is 2.09. The molecule has 1 fully saturated rings. The molecule has 2 unspecified atom stereocenters. The van der Waals surface area contributed by atoms with E-state index in [1.807, 2.05) is 18.2 Å². The Morgan fingerprint density at radius 1 is 1.47 bits per heavy atom. The summed E-state index contributed by atoms with van der Waals surface area (Å²) in [5.41, 5.74) is 0.823. The van der Waals surface area contributed by atoms with Crippen molar-refractivity contribution in [3.63, 3.8) is 0 Å². The van der Waals surface area contributed by atoms with Gasteiger partial charge in [-0.2, -0.15) is 0 Å². The van der Waals surface area contributed by atoms with Crippen LogP contribution in [0, 0.1) is 0 Å². The molecule has 1 aliphatic rings. The highest BCUT2D eigenvalue weighted by Crippen LogP contribution is 2.14. The lowest BCUT2D eigenvalue weighted by Crippen LogP contribution is -2.59. The third-order valence-corrected chi connectivity index (χ3v) is 2.63. The van der Waals surface area contributed by atoms with Crippen LogP contribution in [0.2, 0.25) is 0 Å². The number of alkyl halides is 1. The van der Waals surface area contributed by atoms with Crippen LogP contribution in [0.5, 0.6) is 0 Å². The van der Waals surface area contributed by atoms with Crippen LogP contribution in [-0.4, -0.2) is 36.8 Å². The molecule has 0 spiro atoms. The largest absolute Gasteiger partial charge is 0.337 e. The average Bonchev–Trinajstić information content (AvgIpc) is 2.40. The maximum Gasteiger partial charge on any atom is 0.252 e. The average molecular weight is 238 g/mol. The summed E-state index contributed by atoms with van der Waals surface area (Å²) < 4.78 is 12.2. The van der Waals surface area contributed by atoms with E-state index in [-0.39, 0.29) is 12.2 Å². The van der Waals surface area contributed by atoms with Crippen molar-refractivity contribution < 1.29 is 9.18 Å². The van der Waals surface area contributed by atoms with Gasteiger partial charge in [-0.05, 0) is 12.1 Å². The minimum Gasteiger partial charge on any atom is -0.337 e. The lowest BCUT2D eigenvalue weighted by atomic mass is 10.1. The second-order valence-electron chi connectivity index (χ2n) is 3.82. The number of nitrogens with one attached hydrogen (secondary N) is 3. The summed E-state index contributed by atoms with van der Waals surface area (Å²) in [5.74, 6) is -0.618. The van der Waals surface area contributed by atoms with Crippen LogP contribution in [0.15, 0.2) is 24.4 Å². The molecular formula is C11H15FN4O. The Bertz CT molecular complexity index is 373. The molecule has 1 aliphatic heterocycles. The number of halogens is 1. The third kappa shape index (κ3) is 2.98. The molecule has 0 aliphatic carbocycles. The van der Waals surface area contributed by atoms with Crippen molar-refractivity contribution in [1.82, 2.24) is 20.9 Å². The molecule has 0 saturated carbocycles. The molecule has 17 heavy (non-hydrogen) atoms. The number of aromatic nitrogens is 1. The smallest absolute Gasteiger partial charge is 0.252 e. The predicted molar refractivity (Wildman–Crippen MR) is 60.9 cm³/mol. The molecule has 1 aromatic rings. The maximum absolute atomic E-state index is 12.2.